The van der Waals surface area contributed by atoms with Gasteiger partial charge in [0.25, 0.3) is 0 Å². The zero-order chi connectivity index (χ0) is 15.1. The highest BCUT2D eigenvalue weighted by atomic mass is 16.5. The Hall–Kier alpha value is -1.40. The third-order valence-electron chi connectivity index (χ3n) is 3.58. The number of methoxy groups -OCH3 is 1. The predicted octanol–water partition coefficient (Wildman–Crippen LogP) is 2.10. The third-order valence-corrected chi connectivity index (χ3v) is 3.58. The van der Waals surface area contributed by atoms with Crippen LogP contribution in [0.25, 0.3) is 0 Å². The van der Waals surface area contributed by atoms with Crippen LogP contribution >= 0.6 is 0 Å². The molecule has 0 spiro atoms. The monoisotopic (exact) mass is 294 g/mol. The van der Waals surface area contributed by atoms with Crippen molar-refractivity contribution in [1.82, 2.24) is 9.97 Å². The van der Waals surface area contributed by atoms with Crippen LogP contribution in [-0.2, 0) is 9.47 Å². The third kappa shape index (κ3) is 5.13. The van der Waals surface area contributed by atoms with Crippen LogP contribution in [0.1, 0.15) is 43.0 Å². The lowest BCUT2D eigenvalue weighted by Gasteiger charge is -2.12. The van der Waals surface area contributed by atoms with Gasteiger partial charge in [-0.15, -0.1) is 0 Å². The van der Waals surface area contributed by atoms with Crippen LogP contribution in [0.15, 0.2) is 0 Å². The van der Waals surface area contributed by atoms with Crippen molar-refractivity contribution in [2.24, 2.45) is 0 Å². The fourth-order valence-electron chi connectivity index (χ4n) is 2.03. The first-order valence-corrected chi connectivity index (χ1v) is 7.67. The molecule has 118 valence electrons. The highest BCUT2D eigenvalue weighted by molar-refractivity contribution is 5.55. The molecule has 0 unspecified atom stereocenters. The molecule has 0 amide bonds. The largest absolute Gasteiger partial charge is 0.383 e. The zero-order valence-electron chi connectivity index (χ0n) is 13.0. The van der Waals surface area contributed by atoms with E-state index in [0.717, 1.165) is 43.2 Å². The second kappa shape index (κ2) is 8.14. The standard InChI is InChI=1S/C15H26N4O2/c1-11-13(16)18-15(12-5-6-12)19-14(11)17-7-3-4-8-21-10-9-20-2/h12H,3-10H2,1-2H3,(H3,16,17,18,19). The predicted molar refractivity (Wildman–Crippen MR) is 83.6 cm³/mol. The minimum Gasteiger partial charge on any atom is -0.383 e. The van der Waals surface area contributed by atoms with Crippen LogP contribution in [0.3, 0.4) is 0 Å². The van der Waals surface area contributed by atoms with Gasteiger partial charge in [0.05, 0.1) is 13.2 Å². The van der Waals surface area contributed by atoms with E-state index >= 15 is 0 Å². The molecule has 1 heterocycles. The van der Waals surface area contributed by atoms with Gasteiger partial charge in [0.2, 0.25) is 0 Å². The normalized spacial score (nSPS) is 14.4. The molecular formula is C15H26N4O2. The van der Waals surface area contributed by atoms with Crippen LogP contribution in [0.5, 0.6) is 0 Å². The molecule has 6 heteroatoms. The van der Waals surface area contributed by atoms with Crippen LogP contribution < -0.4 is 11.1 Å². The van der Waals surface area contributed by atoms with Crippen molar-refractivity contribution < 1.29 is 9.47 Å². The Bertz CT molecular complexity index is 450. The Morgan fingerprint density at radius 2 is 2.00 bits per heavy atom. The molecule has 21 heavy (non-hydrogen) atoms. The van der Waals surface area contributed by atoms with Crippen LogP contribution in [0, 0.1) is 6.92 Å². The maximum atomic E-state index is 5.96. The first-order valence-electron chi connectivity index (χ1n) is 7.67. The van der Waals surface area contributed by atoms with E-state index in [1.54, 1.807) is 7.11 Å². The highest BCUT2D eigenvalue weighted by Gasteiger charge is 2.27. The van der Waals surface area contributed by atoms with Gasteiger partial charge in [-0.1, -0.05) is 0 Å². The Labute approximate surface area is 126 Å². The number of nitrogens with two attached hydrogens (primary N) is 1. The Morgan fingerprint density at radius 3 is 2.71 bits per heavy atom. The first-order chi connectivity index (χ1) is 10.2. The van der Waals surface area contributed by atoms with E-state index in [-0.39, 0.29) is 0 Å². The van der Waals surface area contributed by atoms with Crippen molar-refractivity contribution in [2.75, 3.05) is 44.5 Å². The van der Waals surface area contributed by atoms with Gasteiger partial charge in [0, 0.05) is 31.7 Å². The van der Waals surface area contributed by atoms with E-state index < -0.39 is 0 Å². The molecule has 0 bridgehead atoms. The number of unbranched alkanes of at least 4 members (excludes halogenated alkanes) is 1. The summed E-state index contributed by atoms with van der Waals surface area (Å²) in [5.41, 5.74) is 6.90. The van der Waals surface area contributed by atoms with Crippen molar-refractivity contribution >= 4 is 11.6 Å². The molecule has 6 nitrogen and oxygen atoms in total. The zero-order valence-corrected chi connectivity index (χ0v) is 13.0. The van der Waals surface area contributed by atoms with E-state index in [4.69, 9.17) is 15.2 Å². The maximum absolute atomic E-state index is 5.96. The molecule has 1 aromatic heterocycles. The second-order valence-electron chi connectivity index (χ2n) is 5.45. The van der Waals surface area contributed by atoms with Crippen LogP contribution in [0.4, 0.5) is 11.6 Å². The molecule has 0 radical (unpaired) electrons. The number of anilines is 2. The molecule has 1 fully saturated rings. The van der Waals surface area contributed by atoms with Crippen molar-refractivity contribution in [3.8, 4) is 0 Å². The Balaban J connectivity index is 1.70. The minimum atomic E-state index is 0.516. The van der Waals surface area contributed by atoms with E-state index in [2.05, 4.69) is 15.3 Å². The summed E-state index contributed by atoms with van der Waals surface area (Å²) in [4.78, 5) is 8.98. The second-order valence-corrected chi connectivity index (χ2v) is 5.45. The molecule has 0 aromatic carbocycles. The SMILES string of the molecule is COCCOCCCCNc1nc(C2CC2)nc(N)c1C. The van der Waals surface area contributed by atoms with Gasteiger partial charge in [-0.25, -0.2) is 9.97 Å². The first kappa shape index (κ1) is 16.0. The van der Waals surface area contributed by atoms with E-state index in [1.807, 2.05) is 6.92 Å². The summed E-state index contributed by atoms with van der Waals surface area (Å²) in [6, 6.07) is 0. The summed E-state index contributed by atoms with van der Waals surface area (Å²) >= 11 is 0. The Morgan fingerprint density at radius 1 is 1.19 bits per heavy atom. The van der Waals surface area contributed by atoms with Gasteiger partial charge in [-0.2, -0.15) is 0 Å². The van der Waals surface area contributed by atoms with Crippen molar-refractivity contribution in [2.45, 2.75) is 38.5 Å². The number of ether oxygens (including phenoxy) is 2. The number of hydrogen-bond donors (Lipinski definition) is 2. The number of nitrogens with zero attached hydrogens (tertiary/aromatic N) is 2. The number of nitrogen functional groups attached to an aromatic ring is 1. The molecule has 0 saturated heterocycles. The van der Waals surface area contributed by atoms with E-state index in [0.29, 0.717) is 24.9 Å². The molecule has 0 aliphatic heterocycles. The number of rotatable bonds is 10. The fourth-order valence-corrected chi connectivity index (χ4v) is 2.03. The van der Waals surface area contributed by atoms with Gasteiger partial charge < -0.3 is 20.5 Å². The summed E-state index contributed by atoms with van der Waals surface area (Å²) in [7, 11) is 1.68. The summed E-state index contributed by atoms with van der Waals surface area (Å²) in [6.07, 6.45) is 4.42. The molecular weight excluding hydrogens is 268 g/mol. The average molecular weight is 294 g/mol. The maximum Gasteiger partial charge on any atom is 0.136 e. The highest BCUT2D eigenvalue weighted by Crippen LogP contribution is 2.39. The lowest BCUT2D eigenvalue weighted by molar-refractivity contribution is 0.0691. The molecule has 1 aromatic rings. The average Bonchev–Trinajstić information content (AvgIpc) is 3.30. The molecule has 0 atom stereocenters. The van der Waals surface area contributed by atoms with E-state index in [1.165, 1.54) is 12.8 Å². The molecule has 2 rings (SSSR count). The number of aromatic nitrogens is 2. The Kier molecular flexibility index (Phi) is 6.20. The van der Waals surface area contributed by atoms with Gasteiger partial charge in [-0.3, -0.25) is 0 Å². The number of nitrogens with one attached hydrogen (secondary N) is 1. The minimum absolute atomic E-state index is 0.516. The van der Waals surface area contributed by atoms with Gasteiger partial charge in [0.1, 0.15) is 17.5 Å². The van der Waals surface area contributed by atoms with E-state index in [9.17, 15) is 0 Å². The number of hydrogen-bond acceptors (Lipinski definition) is 6. The van der Waals surface area contributed by atoms with Crippen LogP contribution in [0.2, 0.25) is 0 Å². The molecule has 1 aliphatic rings. The van der Waals surface area contributed by atoms with Gasteiger partial charge in [0.15, 0.2) is 0 Å². The molecule has 1 saturated carbocycles. The fraction of sp³-hybridized carbons (Fsp3) is 0.733. The topological polar surface area (TPSA) is 82.3 Å². The summed E-state index contributed by atoms with van der Waals surface area (Å²) in [6.45, 7) is 4.92. The van der Waals surface area contributed by atoms with Crippen LogP contribution in [-0.4, -0.2) is 43.4 Å². The summed E-state index contributed by atoms with van der Waals surface area (Å²) in [5.74, 6) is 2.88. The summed E-state index contributed by atoms with van der Waals surface area (Å²) in [5, 5.41) is 3.37. The van der Waals surface area contributed by atoms with Crippen molar-refractivity contribution in [3.63, 3.8) is 0 Å². The smallest absolute Gasteiger partial charge is 0.136 e. The molecule has 1 aliphatic carbocycles. The van der Waals surface area contributed by atoms with Crippen molar-refractivity contribution in [1.29, 1.82) is 0 Å². The molecule has 3 N–H and O–H groups in total. The lowest BCUT2D eigenvalue weighted by Crippen LogP contribution is -2.11. The van der Waals surface area contributed by atoms with Crippen molar-refractivity contribution in [3.05, 3.63) is 11.4 Å². The van der Waals surface area contributed by atoms with Gasteiger partial charge in [-0.05, 0) is 32.6 Å². The van der Waals surface area contributed by atoms with Gasteiger partial charge >= 0.3 is 0 Å². The quantitative estimate of drug-likeness (QED) is 0.643. The summed E-state index contributed by atoms with van der Waals surface area (Å²) < 4.78 is 10.4. The lowest BCUT2D eigenvalue weighted by atomic mass is 10.2.